The van der Waals surface area contributed by atoms with E-state index in [4.69, 9.17) is 17.3 Å². The topological polar surface area (TPSA) is 26.0 Å². The van der Waals surface area contributed by atoms with E-state index in [0.29, 0.717) is 11.4 Å². The van der Waals surface area contributed by atoms with E-state index < -0.39 is 11.6 Å². The van der Waals surface area contributed by atoms with Gasteiger partial charge in [-0.2, -0.15) is 0 Å². The minimum atomic E-state index is -0.465. The minimum absolute atomic E-state index is 0.0124. The van der Waals surface area contributed by atoms with Crippen molar-refractivity contribution in [1.29, 1.82) is 0 Å². The van der Waals surface area contributed by atoms with Gasteiger partial charge in [0.1, 0.15) is 11.6 Å². The van der Waals surface area contributed by atoms with Crippen LogP contribution in [0.25, 0.3) is 0 Å². The fourth-order valence-corrected chi connectivity index (χ4v) is 3.26. The van der Waals surface area contributed by atoms with Gasteiger partial charge >= 0.3 is 0 Å². The Morgan fingerprint density at radius 3 is 2.67 bits per heavy atom. The Bertz CT molecular complexity index is 634. The molecule has 0 saturated carbocycles. The van der Waals surface area contributed by atoms with E-state index >= 15 is 0 Å². The maximum atomic E-state index is 13.8. The second-order valence-corrected chi connectivity index (χ2v) is 6.26. The molecule has 5 heteroatoms. The first-order valence-electron chi connectivity index (χ1n) is 6.67. The molecule has 2 aromatic rings. The molecule has 0 aliphatic rings. The minimum Gasteiger partial charge on any atom is -0.327 e. The molecule has 2 aromatic carbocycles. The average molecular weight is 328 g/mol. The molecule has 0 amide bonds. The van der Waals surface area contributed by atoms with Crippen LogP contribution in [0.4, 0.5) is 8.78 Å². The van der Waals surface area contributed by atoms with E-state index in [9.17, 15) is 8.78 Å². The normalized spacial score (nSPS) is 12.4. The zero-order valence-electron chi connectivity index (χ0n) is 11.6. The molecule has 0 bridgehead atoms. The lowest BCUT2D eigenvalue weighted by atomic mass is 10.0. The van der Waals surface area contributed by atoms with Crippen LogP contribution in [0.2, 0.25) is 5.02 Å². The van der Waals surface area contributed by atoms with Gasteiger partial charge in [-0.05, 0) is 48.7 Å². The van der Waals surface area contributed by atoms with E-state index in [2.05, 4.69) is 0 Å². The summed E-state index contributed by atoms with van der Waals surface area (Å²) in [5, 5.41) is 0.598. The van der Waals surface area contributed by atoms with E-state index in [1.165, 1.54) is 17.8 Å². The third-order valence-electron chi connectivity index (χ3n) is 3.18. The molecule has 1 unspecified atom stereocenters. The van der Waals surface area contributed by atoms with Gasteiger partial charge in [-0.25, -0.2) is 8.78 Å². The van der Waals surface area contributed by atoms with Crippen molar-refractivity contribution in [1.82, 2.24) is 0 Å². The summed E-state index contributed by atoms with van der Waals surface area (Å²) < 4.78 is 27.0. The lowest BCUT2D eigenvalue weighted by Crippen LogP contribution is -2.21. The summed E-state index contributed by atoms with van der Waals surface area (Å²) in [7, 11) is 0. The van der Waals surface area contributed by atoms with Crippen LogP contribution < -0.4 is 5.73 Å². The first-order valence-corrected chi connectivity index (χ1v) is 7.86. The maximum Gasteiger partial charge on any atom is 0.137 e. The molecule has 0 saturated heterocycles. The highest BCUT2D eigenvalue weighted by Crippen LogP contribution is 2.36. The summed E-state index contributed by atoms with van der Waals surface area (Å²) in [5.74, 6) is -0.917. The van der Waals surface area contributed by atoms with Crippen LogP contribution in [0, 0.1) is 11.6 Å². The van der Waals surface area contributed by atoms with Gasteiger partial charge in [-0.1, -0.05) is 36.4 Å². The van der Waals surface area contributed by atoms with Gasteiger partial charge in [-0.15, -0.1) is 0 Å². The average Bonchev–Trinajstić information content (AvgIpc) is 2.46. The molecular formula is C16H16ClF2NS. The molecular weight excluding hydrogens is 312 g/mol. The Hall–Kier alpha value is -1.10. The monoisotopic (exact) mass is 327 g/mol. The summed E-state index contributed by atoms with van der Waals surface area (Å²) in [6.07, 6.45) is 1.43. The Kier molecular flexibility index (Phi) is 5.62. The summed E-state index contributed by atoms with van der Waals surface area (Å²) >= 11 is 7.40. The number of nitrogens with two attached hydrogens (primary N) is 1. The van der Waals surface area contributed by atoms with Crippen molar-refractivity contribution >= 4 is 23.4 Å². The van der Waals surface area contributed by atoms with Crippen LogP contribution in [0.15, 0.2) is 46.2 Å². The smallest absolute Gasteiger partial charge is 0.137 e. The number of rotatable bonds is 5. The molecule has 0 spiro atoms. The highest BCUT2D eigenvalue weighted by atomic mass is 35.5. The molecule has 0 aromatic heterocycles. The van der Waals surface area contributed by atoms with Crippen LogP contribution in [0.1, 0.15) is 18.9 Å². The molecule has 2 N–H and O–H groups in total. The molecule has 0 fully saturated rings. The van der Waals surface area contributed by atoms with Gasteiger partial charge in [0.05, 0.1) is 4.90 Å². The van der Waals surface area contributed by atoms with E-state index in [1.807, 2.05) is 13.0 Å². The number of hydrogen-bond donors (Lipinski definition) is 1. The maximum absolute atomic E-state index is 13.8. The van der Waals surface area contributed by atoms with Gasteiger partial charge in [0, 0.05) is 16.0 Å². The fraction of sp³-hybridized carbons (Fsp3) is 0.250. The molecule has 0 radical (unpaired) electrons. The van der Waals surface area contributed by atoms with Crippen molar-refractivity contribution in [3.8, 4) is 0 Å². The summed E-state index contributed by atoms with van der Waals surface area (Å²) in [4.78, 5) is 1.04. The zero-order chi connectivity index (χ0) is 15.4. The fourth-order valence-electron chi connectivity index (χ4n) is 1.91. The molecule has 0 heterocycles. The van der Waals surface area contributed by atoms with Crippen molar-refractivity contribution in [2.45, 2.75) is 35.6 Å². The van der Waals surface area contributed by atoms with Crippen LogP contribution in [0.3, 0.4) is 0 Å². The SMILES string of the molecule is CCC(N)Cc1c(Cl)cccc1Sc1cc(F)ccc1F. The first-order chi connectivity index (χ1) is 10.0. The van der Waals surface area contributed by atoms with Gasteiger partial charge in [-0.3, -0.25) is 0 Å². The molecule has 112 valence electrons. The Morgan fingerprint density at radius 2 is 1.95 bits per heavy atom. The van der Waals surface area contributed by atoms with Crippen LogP contribution in [0.5, 0.6) is 0 Å². The summed E-state index contributed by atoms with van der Waals surface area (Å²) in [6, 6.07) is 8.82. The van der Waals surface area contributed by atoms with Crippen molar-refractivity contribution < 1.29 is 8.78 Å². The molecule has 21 heavy (non-hydrogen) atoms. The Morgan fingerprint density at radius 1 is 1.19 bits per heavy atom. The second-order valence-electron chi connectivity index (χ2n) is 4.77. The van der Waals surface area contributed by atoms with Gasteiger partial charge in [0.2, 0.25) is 0 Å². The lowest BCUT2D eigenvalue weighted by Gasteiger charge is -2.15. The van der Waals surface area contributed by atoms with Crippen molar-refractivity contribution in [3.63, 3.8) is 0 Å². The summed E-state index contributed by atoms with van der Waals surface area (Å²) in [6.45, 7) is 2.00. The predicted octanol–water partition coefficient (Wildman–Crippen LogP) is 5.05. The van der Waals surface area contributed by atoms with Crippen LogP contribution in [-0.2, 0) is 6.42 Å². The second kappa shape index (κ2) is 7.25. The van der Waals surface area contributed by atoms with Crippen molar-refractivity contribution in [2.75, 3.05) is 0 Å². The predicted molar refractivity (Wildman–Crippen MR) is 83.9 cm³/mol. The third kappa shape index (κ3) is 4.19. The van der Waals surface area contributed by atoms with Gasteiger partial charge in [0.25, 0.3) is 0 Å². The number of halogens is 3. The zero-order valence-corrected chi connectivity index (χ0v) is 13.1. The Labute approximate surface area is 132 Å². The highest BCUT2D eigenvalue weighted by molar-refractivity contribution is 7.99. The molecule has 1 atom stereocenters. The van der Waals surface area contributed by atoms with Crippen LogP contribution in [-0.4, -0.2) is 6.04 Å². The quantitative estimate of drug-likeness (QED) is 0.831. The van der Waals surface area contributed by atoms with Crippen molar-refractivity contribution in [3.05, 3.63) is 58.6 Å². The largest absolute Gasteiger partial charge is 0.327 e. The molecule has 1 nitrogen and oxygen atoms in total. The first kappa shape index (κ1) is 16.3. The molecule has 0 aliphatic heterocycles. The third-order valence-corrected chi connectivity index (χ3v) is 4.67. The highest BCUT2D eigenvalue weighted by Gasteiger charge is 2.14. The number of hydrogen-bond acceptors (Lipinski definition) is 2. The lowest BCUT2D eigenvalue weighted by molar-refractivity contribution is 0.577. The standard InChI is InChI=1S/C16H16ClF2NS/c1-2-11(20)9-12-13(17)4-3-5-15(12)21-16-8-10(18)6-7-14(16)19/h3-8,11H,2,9,20H2,1H3. The van der Waals surface area contributed by atoms with Crippen LogP contribution >= 0.6 is 23.4 Å². The Balaban J connectivity index is 2.35. The van der Waals surface area contributed by atoms with Crippen molar-refractivity contribution in [2.24, 2.45) is 5.73 Å². The van der Waals surface area contributed by atoms with E-state index in [1.54, 1.807) is 12.1 Å². The summed E-state index contributed by atoms with van der Waals surface area (Å²) in [5.41, 5.74) is 6.87. The number of benzene rings is 2. The molecule has 2 rings (SSSR count). The van der Waals surface area contributed by atoms with E-state index in [0.717, 1.165) is 29.0 Å². The van der Waals surface area contributed by atoms with Gasteiger partial charge in [0.15, 0.2) is 0 Å². The van der Waals surface area contributed by atoms with E-state index in [-0.39, 0.29) is 10.9 Å². The molecule has 0 aliphatic carbocycles. The van der Waals surface area contributed by atoms with Gasteiger partial charge < -0.3 is 5.73 Å².